The highest BCUT2D eigenvalue weighted by molar-refractivity contribution is 7.99. The van der Waals surface area contributed by atoms with Crippen LogP contribution in [0.2, 0.25) is 5.02 Å². The molecule has 0 aliphatic heterocycles. The van der Waals surface area contributed by atoms with Gasteiger partial charge in [0.05, 0.1) is 12.1 Å². The first-order valence-electron chi connectivity index (χ1n) is 7.77. The fourth-order valence-corrected chi connectivity index (χ4v) is 3.13. The predicted molar refractivity (Wildman–Crippen MR) is 104 cm³/mol. The van der Waals surface area contributed by atoms with Crippen molar-refractivity contribution in [2.75, 3.05) is 33.1 Å². The minimum Gasteiger partial charge on any atom is -0.497 e. The molecular formula is C18H20ClN3O3S. The maximum absolute atomic E-state index is 12.1. The number of likely N-dealkylation sites (N-methyl/N-ethyl adjacent to an activating group) is 2. The van der Waals surface area contributed by atoms with Crippen molar-refractivity contribution in [1.29, 1.82) is 0 Å². The molecular weight excluding hydrogens is 374 g/mol. The van der Waals surface area contributed by atoms with Crippen molar-refractivity contribution in [3.63, 3.8) is 0 Å². The molecule has 0 fully saturated rings. The zero-order valence-corrected chi connectivity index (χ0v) is 16.3. The standard InChI is InChI=1S/C18H20ClN3O3S/c1-20-17(23)11-22(2)18(24)21-12-4-9-16(15(19)10-12)26-14-7-5-13(25-3)6-8-14/h4-10H,11H2,1-3H3,(H,20,23)(H,21,24). The number of carbonyl (C=O) groups is 2. The molecule has 138 valence electrons. The molecule has 0 atom stereocenters. The molecule has 0 saturated carbocycles. The molecule has 0 aliphatic rings. The Balaban J connectivity index is 2.01. The van der Waals surface area contributed by atoms with Crippen LogP contribution in [0.1, 0.15) is 0 Å². The van der Waals surface area contributed by atoms with Crippen LogP contribution in [0.15, 0.2) is 52.3 Å². The number of methoxy groups -OCH3 is 1. The molecule has 26 heavy (non-hydrogen) atoms. The molecule has 2 N–H and O–H groups in total. The van der Waals surface area contributed by atoms with Crippen LogP contribution in [-0.2, 0) is 4.79 Å². The van der Waals surface area contributed by atoms with Crippen molar-refractivity contribution < 1.29 is 14.3 Å². The van der Waals surface area contributed by atoms with E-state index in [1.807, 2.05) is 30.3 Å². The number of hydrogen-bond acceptors (Lipinski definition) is 4. The maximum Gasteiger partial charge on any atom is 0.322 e. The summed E-state index contributed by atoms with van der Waals surface area (Å²) >= 11 is 7.85. The molecule has 2 aromatic carbocycles. The minimum atomic E-state index is -0.389. The van der Waals surface area contributed by atoms with E-state index >= 15 is 0 Å². The maximum atomic E-state index is 12.1. The number of ether oxygens (including phenoxy) is 1. The lowest BCUT2D eigenvalue weighted by atomic mass is 10.3. The van der Waals surface area contributed by atoms with Gasteiger partial charge in [-0.25, -0.2) is 4.79 Å². The molecule has 0 heterocycles. The van der Waals surface area contributed by atoms with E-state index in [4.69, 9.17) is 16.3 Å². The fraction of sp³-hybridized carbons (Fsp3) is 0.222. The highest BCUT2D eigenvalue weighted by Gasteiger charge is 2.13. The second-order valence-corrected chi connectivity index (χ2v) is 6.90. The largest absolute Gasteiger partial charge is 0.497 e. The second kappa shape index (κ2) is 9.35. The summed E-state index contributed by atoms with van der Waals surface area (Å²) in [5, 5.41) is 5.71. The van der Waals surface area contributed by atoms with Crippen LogP contribution in [0, 0.1) is 0 Å². The summed E-state index contributed by atoms with van der Waals surface area (Å²) in [5.74, 6) is 0.548. The van der Waals surface area contributed by atoms with E-state index in [9.17, 15) is 9.59 Å². The molecule has 2 aromatic rings. The van der Waals surface area contributed by atoms with Crippen LogP contribution >= 0.6 is 23.4 Å². The van der Waals surface area contributed by atoms with E-state index in [1.165, 1.54) is 23.7 Å². The molecule has 0 radical (unpaired) electrons. The van der Waals surface area contributed by atoms with Gasteiger partial charge in [0.15, 0.2) is 0 Å². The molecule has 2 rings (SSSR count). The predicted octanol–water partition coefficient (Wildman–Crippen LogP) is 3.71. The van der Waals surface area contributed by atoms with Crippen LogP contribution < -0.4 is 15.4 Å². The SMILES string of the molecule is CNC(=O)CN(C)C(=O)Nc1ccc(Sc2ccc(OC)cc2)c(Cl)c1. The Morgan fingerprint density at radius 3 is 2.46 bits per heavy atom. The van der Waals surface area contributed by atoms with Gasteiger partial charge in [-0.15, -0.1) is 0 Å². The summed E-state index contributed by atoms with van der Waals surface area (Å²) in [7, 11) is 4.69. The van der Waals surface area contributed by atoms with Gasteiger partial charge in [-0.3, -0.25) is 4.79 Å². The number of anilines is 1. The third kappa shape index (κ3) is 5.57. The normalized spacial score (nSPS) is 10.2. The molecule has 0 aromatic heterocycles. The first kappa shape index (κ1) is 19.9. The Morgan fingerprint density at radius 2 is 1.88 bits per heavy atom. The number of carbonyl (C=O) groups excluding carboxylic acids is 2. The molecule has 0 bridgehead atoms. The number of nitrogens with one attached hydrogen (secondary N) is 2. The summed E-state index contributed by atoms with van der Waals surface area (Å²) in [6, 6.07) is 12.6. The molecule has 0 spiro atoms. The summed E-state index contributed by atoms with van der Waals surface area (Å²) in [6.07, 6.45) is 0. The minimum absolute atomic E-state index is 0.0263. The topological polar surface area (TPSA) is 70.7 Å². The Hall–Kier alpha value is -2.38. The van der Waals surface area contributed by atoms with Crippen molar-refractivity contribution in [3.05, 3.63) is 47.5 Å². The molecule has 0 unspecified atom stereocenters. The van der Waals surface area contributed by atoms with E-state index in [2.05, 4.69) is 10.6 Å². The van der Waals surface area contributed by atoms with Crippen LogP contribution in [0.3, 0.4) is 0 Å². The van der Waals surface area contributed by atoms with Gasteiger partial charge in [-0.2, -0.15) is 0 Å². The quantitative estimate of drug-likeness (QED) is 0.784. The van der Waals surface area contributed by atoms with Gasteiger partial charge in [0, 0.05) is 29.6 Å². The van der Waals surface area contributed by atoms with Gasteiger partial charge in [0.25, 0.3) is 0 Å². The lowest BCUT2D eigenvalue weighted by Crippen LogP contribution is -2.39. The monoisotopic (exact) mass is 393 g/mol. The van der Waals surface area contributed by atoms with Gasteiger partial charge < -0.3 is 20.3 Å². The molecule has 0 saturated heterocycles. The summed E-state index contributed by atoms with van der Waals surface area (Å²) in [6.45, 7) is -0.0263. The smallest absolute Gasteiger partial charge is 0.322 e. The fourth-order valence-electron chi connectivity index (χ4n) is 2.02. The van der Waals surface area contributed by atoms with Gasteiger partial charge in [0.1, 0.15) is 12.3 Å². The number of halogens is 1. The Morgan fingerprint density at radius 1 is 1.19 bits per heavy atom. The number of benzene rings is 2. The number of urea groups is 1. The lowest BCUT2D eigenvalue weighted by Gasteiger charge is -2.17. The number of hydrogen-bond donors (Lipinski definition) is 2. The lowest BCUT2D eigenvalue weighted by molar-refractivity contribution is -0.120. The first-order chi connectivity index (χ1) is 12.4. The van der Waals surface area contributed by atoms with E-state index in [0.717, 1.165) is 15.5 Å². The van der Waals surface area contributed by atoms with Gasteiger partial charge in [-0.1, -0.05) is 23.4 Å². The zero-order valence-electron chi connectivity index (χ0n) is 14.7. The van der Waals surface area contributed by atoms with E-state index < -0.39 is 0 Å². The van der Waals surface area contributed by atoms with Crippen molar-refractivity contribution in [1.82, 2.24) is 10.2 Å². The van der Waals surface area contributed by atoms with Gasteiger partial charge in [-0.05, 0) is 42.5 Å². The second-order valence-electron chi connectivity index (χ2n) is 5.38. The Labute approximate surface area is 161 Å². The van der Waals surface area contributed by atoms with Crippen molar-refractivity contribution in [3.8, 4) is 5.75 Å². The van der Waals surface area contributed by atoms with Crippen molar-refractivity contribution >= 4 is 41.0 Å². The van der Waals surface area contributed by atoms with Crippen LogP contribution in [-0.4, -0.2) is 44.6 Å². The number of nitrogens with zero attached hydrogens (tertiary/aromatic N) is 1. The summed E-state index contributed by atoms with van der Waals surface area (Å²) in [5.41, 5.74) is 0.558. The van der Waals surface area contributed by atoms with E-state index in [1.54, 1.807) is 26.3 Å². The number of rotatable bonds is 6. The molecule has 0 aliphatic carbocycles. The highest BCUT2D eigenvalue weighted by atomic mass is 35.5. The van der Waals surface area contributed by atoms with Crippen molar-refractivity contribution in [2.45, 2.75) is 9.79 Å². The zero-order chi connectivity index (χ0) is 19.1. The Bertz CT molecular complexity index is 784. The molecule has 8 heteroatoms. The first-order valence-corrected chi connectivity index (χ1v) is 8.96. The van der Waals surface area contributed by atoms with E-state index in [0.29, 0.717) is 10.7 Å². The van der Waals surface area contributed by atoms with E-state index in [-0.39, 0.29) is 18.5 Å². The average molecular weight is 394 g/mol. The van der Waals surface area contributed by atoms with Gasteiger partial charge in [0.2, 0.25) is 5.91 Å². The molecule has 6 nitrogen and oxygen atoms in total. The average Bonchev–Trinajstić information content (AvgIpc) is 2.64. The van der Waals surface area contributed by atoms with Crippen LogP contribution in [0.4, 0.5) is 10.5 Å². The summed E-state index contributed by atoms with van der Waals surface area (Å²) in [4.78, 5) is 26.6. The van der Waals surface area contributed by atoms with Crippen LogP contribution in [0.5, 0.6) is 5.75 Å². The number of amides is 3. The summed E-state index contributed by atoms with van der Waals surface area (Å²) < 4.78 is 5.14. The highest BCUT2D eigenvalue weighted by Crippen LogP contribution is 2.35. The van der Waals surface area contributed by atoms with Gasteiger partial charge >= 0.3 is 6.03 Å². The molecule has 3 amide bonds. The van der Waals surface area contributed by atoms with Crippen molar-refractivity contribution in [2.24, 2.45) is 0 Å². The Kier molecular flexibility index (Phi) is 7.17. The third-order valence-electron chi connectivity index (χ3n) is 3.48. The van der Waals surface area contributed by atoms with Crippen LogP contribution in [0.25, 0.3) is 0 Å². The third-order valence-corrected chi connectivity index (χ3v) is 4.99.